The summed E-state index contributed by atoms with van der Waals surface area (Å²) in [6.45, 7) is 6.18. The minimum absolute atomic E-state index is 0.120. The van der Waals surface area contributed by atoms with Crippen LogP contribution in [0, 0.1) is 0 Å². The van der Waals surface area contributed by atoms with Crippen molar-refractivity contribution < 1.29 is 19.4 Å². The molecule has 0 bridgehead atoms. The molecule has 1 aliphatic rings. The van der Waals surface area contributed by atoms with Crippen molar-refractivity contribution in [3.05, 3.63) is 0 Å². The number of ether oxygens (including phenoxy) is 1. The molecule has 1 aliphatic heterocycles. The van der Waals surface area contributed by atoms with Crippen LogP contribution >= 0.6 is 0 Å². The summed E-state index contributed by atoms with van der Waals surface area (Å²) in [4.78, 5) is 23.2. The Morgan fingerprint density at radius 2 is 2.12 bits per heavy atom. The fraction of sp³-hybridized carbons (Fsp3) is 0.800. The summed E-state index contributed by atoms with van der Waals surface area (Å²) in [5.41, 5.74) is -0.532. The molecule has 0 aliphatic carbocycles. The number of amides is 2. The van der Waals surface area contributed by atoms with E-state index < -0.39 is 17.8 Å². The van der Waals surface area contributed by atoms with Crippen LogP contribution < -0.4 is 5.32 Å². The predicted molar refractivity (Wildman–Crippen MR) is 57.4 cm³/mol. The van der Waals surface area contributed by atoms with Gasteiger partial charge in [0.05, 0.1) is 6.04 Å². The lowest BCUT2D eigenvalue weighted by molar-refractivity contribution is 0.0444. The Balaban J connectivity index is 2.25. The normalized spacial score (nSPS) is 19.9. The van der Waals surface area contributed by atoms with Crippen molar-refractivity contribution in [3.8, 4) is 0 Å². The van der Waals surface area contributed by atoms with Gasteiger partial charge in [-0.1, -0.05) is 0 Å². The molecule has 0 aromatic carbocycles. The molecule has 1 heterocycles. The highest BCUT2D eigenvalue weighted by Crippen LogP contribution is 2.16. The number of nitrogens with one attached hydrogen (secondary N) is 1. The molecule has 0 spiro atoms. The maximum Gasteiger partial charge on any atom is 0.407 e. The molecule has 0 aromatic rings. The van der Waals surface area contributed by atoms with Crippen LogP contribution in [0.3, 0.4) is 0 Å². The lowest BCUT2D eigenvalue weighted by Crippen LogP contribution is -2.55. The number of carbonyl (C=O) groups is 2. The van der Waals surface area contributed by atoms with E-state index in [9.17, 15) is 9.59 Å². The summed E-state index contributed by atoms with van der Waals surface area (Å²) >= 11 is 0. The highest BCUT2D eigenvalue weighted by molar-refractivity contribution is 5.69. The standard InChI is InChI=1S/C10H18N2O4/c1-10(2,3)16-8(13)11-6-7-4-5-12(7)9(14)15/h7H,4-6H2,1-3H3,(H,11,13)(H,14,15)/t7-/m1/s1. The zero-order chi connectivity index (χ0) is 12.3. The maximum absolute atomic E-state index is 11.3. The lowest BCUT2D eigenvalue weighted by Gasteiger charge is -2.38. The minimum atomic E-state index is -0.942. The van der Waals surface area contributed by atoms with Gasteiger partial charge in [0.25, 0.3) is 0 Å². The van der Waals surface area contributed by atoms with Crippen molar-refractivity contribution in [1.29, 1.82) is 0 Å². The van der Waals surface area contributed by atoms with E-state index in [0.29, 0.717) is 13.1 Å². The van der Waals surface area contributed by atoms with Gasteiger partial charge in [0.1, 0.15) is 5.60 Å². The zero-order valence-electron chi connectivity index (χ0n) is 9.82. The van der Waals surface area contributed by atoms with E-state index in [4.69, 9.17) is 9.84 Å². The van der Waals surface area contributed by atoms with Gasteiger partial charge in [-0.25, -0.2) is 9.59 Å². The highest BCUT2D eigenvalue weighted by atomic mass is 16.6. The summed E-state index contributed by atoms with van der Waals surface area (Å²) in [5, 5.41) is 11.3. The Kier molecular flexibility index (Phi) is 3.62. The van der Waals surface area contributed by atoms with Crippen LogP contribution in [0.25, 0.3) is 0 Å². The molecule has 16 heavy (non-hydrogen) atoms. The summed E-state index contributed by atoms with van der Waals surface area (Å²) in [6, 6.07) is -0.120. The van der Waals surface area contributed by atoms with Crippen molar-refractivity contribution in [3.63, 3.8) is 0 Å². The number of carboxylic acid groups (broad SMARTS) is 1. The van der Waals surface area contributed by atoms with E-state index in [0.717, 1.165) is 6.42 Å². The van der Waals surface area contributed by atoms with Gasteiger partial charge in [-0.3, -0.25) is 0 Å². The third kappa shape index (κ3) is 3.60. The maximum atomic E-state index is 11.3. The van der Waals surface area contributed by atoms with Crippen molar-refractivity contribution in [2.75, 3.05) is 13.1 Å². The first-order valence-electron chi connectivity index (χ1n) is 5.26. The third-order valence-corrected chi connectivity index (χ3v) is 2.27. The van der Waals surface area contributed by atoms with Crippen molar-refractivity contribution in [2.24, 2.45) is 0 Å². The smallest absolute Gasteiger partial charge is 0.407 e. The molecule has 2 amide bonds. The summed E-state index contributed by atoms with van der Waals surface area (Å²) < 4.78 is 5.04. The quantitative estimate of drug-likeness (QED) is 0.748. The van der Waals surface area contributed by atoms with Crippen molar-refractivity contribution >= 4 is 12.2 Å². The number of nitrogens with zero attached hydrogens (tertiary/aromatic N) is 1. The van der Waals surface area contributed by atoms with Gasteiger partial charge >= 0.3 is 12.2 Å². The second-order valence-electron chi connectivity index (χ2n) is 4.80. The molecule has 1 fully saturated rings. The first-order chi connectivity index (χ1) is 7.29. The Morgan fingerprint density at radius 3 is 2.50 bits per heavy atom. The Bertz CT molecular complexity index is 285. The third-order valence-electron chi connectivity index (χ3n) is 2.27. The highest BCUT2D eigenvalue weighted by Gasteiger charge is 2.32. The molecule has 1 rings (SSSR count). The summed E-state index contributed by atoms with van der Waals surface area (Å²) in [7, 11) is 0. The minimum Gasteiger partial charge on any atom is -0.465 e. The first-order valence-corrected chi connectivity index (χ1v) is 5.26. The molecule has 0 radical (unpaired) electrons. The van der Waals surface area contributed by atoms with Crippen LogP contribution in [0.2, 0.25) is 0 Å². The molecule has 1 atom stereocenters. The van der Waals surface area contributed by atoms with Gasteiger partial charge in [-0.2, -0.15) is 0 Å². The SMILES string of the molecule is CC(C)(C)OC(=O)NC[C@H]1CCN1C(=O)O. The average Bonchev–Trinajstić information content (AvgIpc) is 1.96. The van der Waals surface area contributed by atoms with Gasteiger partial charge < -0.3 is 20.1 Å². The summed E-state index contributed by atoms with van der Waals surface area (Å²) in [5.74, 6) is 0. The molecule has 1 saturated heterocycles. The van der Waals surface area contributed by atoms with Crippen LogP contribution in [-0.4, -0.2) is 46.9 Å². The number of hydrogen-bond acceptors (Lipinski definition) is 3. The van der Waals surface area contributed by atoms with E-state index in [1.165, 1.54) is 4.90 Å². The molecular formula is C10H18N2O4. The van der Waals surface area contributed by atoms with E-state index in [1.807, 2.05) is 0 Å². The lowest BCUT2D eigenvalue weighted by atomic mass is 10.0. The number of rotatable bonds is 2. The molecule has 92 valence electrons. The monoisotopic (exact) mass is 230 g/mol. The topological polar surface area (TPSA) is 78.9 Å². The number of likely N-dealkylation sites (tertiary alicyclic amines) is 1. The van der Waals surface area contributed by atoms with Gasteiger partial charge in [-0.05, 0) is 27.2 Å². The molecule has 0 saturated carbocycles. The molecule has 0 unspecified atom stereocenters. The second kappa shape index (κ2) is 4.59. The number of hydrogen-bond donors (Lipinski definition) is 2. The Morgan fingerprint density at radius 1 is 1.50 bits per heavy atom. The zero-order valence-corrected chi connectivity index (χ0v) is 9.82. The van der Waals surface area contributed by atoms with Crippen LogP contribution in [0.4, 0.5) is 9.59 Å². The molecule has 2 N–H and O–H groups in total. The fourth-order valence-electron chi connectivity index (χ4n) is 1.42. The van der Waals surface area contributed by atoms with Crippen LogP contribution in [0.1, 0.15) is 27.2 Å². The van der Waals surface area contributed by atoms with Crippen molar-refractivity contribution in [1.82, 2.24) is 10.2 Å². The first kappa shape index (κ1) is 12.6. The van der Waals surface area contributed by atoms with Gasteiger partial charge in [0.15, 0.2) is 0 Å². The van der Waals surface area contributed by atoms with Gasteiger partial charge in [-0.15, -0.1) is 0 Å². The van der Waals surface area contributed by atoms with Crippen LogP contribution in [0.15, 0.2) is 0 Å². The fourth-order valence-corrected chi connectivity index (χ4v) is 1.42. The van der Waals surface area contributed by atoms with E-state index in [2.05, 4.69) is 5.32 Å². The molecule has 0 aromatic heterocycles. The number of carbonyl (C=O) groups excluding carboxylic acids is 1. The van der Waals surface area contributed by atoms with E-state index in [1.54, 1.807) is 20.8 Å². The van der Waals surface area contributed by atoms with Gasteiger partial charge in [0.2, 0.25) is 0 Å². The number of alkyl carbamates (subject to hydrolysis) is 1. The Hall–Kier alpha value is -1.46. The van der Waals surface area contributed by atoms with Gasteiger partial charge in [0, 0.05) is 13.1 Å². The van der Waals surface area contributed by atoms with E-state index >= 15 is 0 Å². The largest absolute Gasteiger partial charge is 0.465 e. The average molecular weight is 230 g/mol. The molecule has 6 nitrogen and oxygen atoms in total. The Labute approximate surface area is 94.6 Å². The van der Waals surface area contributed by atoms with Crippen LogP contribution in [0.5, 0.6) is 0 Å². The summed E-state index contributed by atoms with van der Waals surface area (Å²) in [6.07, 6.45) is -0.672. The second-order valence-corrected chi connectivity index (χ2v) is 4.80. The van der Waals surface area contributed by atoms with Crippen molar-refractivity contribution in [2.45, 2.75) is 38.8 Å². The molecular weight excluding hydrogens is 212 g/mol. The van der Waals surface area contributed by atoms with E-state index in [-0.39, 0.29) is 6.04 Å². The molecule has 6 heteroatoms. The predicted octanol–water partition coefficient (Wildman–Crippen LogP) is 1.26. The van der Waals surface area contributed by atoms with Crippen LogP contribution in [-0.2, 0) is 4.74 Å².